The molecule has 0 bridgehead atoms. The Labute approximate surface area is 797 Å². The molecule has 3 atom stereocenters. The summed E-state index contributed by atoms with van der Waals surface area (Å²) in [4.78, 5) is 136. The van der Waals surface area contributed by atoms with Crippen molar-refractivity contribution in [1.82, 2.24) is 0 Å². The molecule has 0 fully saturated rings. The van der Waals surface area contributed by atoms with Gasteiger partial charge in [-0.1, -0.05) is 204 Å². The number of hydrogen-bond donors (Lipinski definition) is 9. The Morgan fingerprint density at radius 1 is 0.333 bits per heavy atom. The molecule has 0 aliphatic heterocycles. The average Bonchev–Trinajstić information content (AvgIpc) is 0.776. The molecule has 0 heterocycles. The number of allylic oxidation sites excluding steroid dienone is 12. The van der Waals surface area contributed by atoms with Crippen LogP contribution in [0.5, 0.6) is 5.75 Å². The van der Waals surface area contributed by atoms with Gasteiger partial charge in [0.15, 0.2) is 57.8 Å². The first-order chi connectivity index (χ1) is 64.7. The van der Waals surface area contributed by atoms with E-state index in [-0.39, 0.29) is 175 Å². The minimum Gasteiger partial charge on any atom is -0.512 e. The minimum absolute atomic E-state index is 0.00634. The van der Waals surface area contributed by atoms with Crippen molar-refractivity contribution in [2.75, 3.05) is 0 Å². The van der Waals surface area contributed by atoms with Crippen molar-refractivity contribution in [3.63, 3.8) is 0 Å². The lowest BCUT2D eigenvalue weighted by Gasteiger charge is -2.18. The number of nitrogens with two attached hydrogens (primary N) is 6. The number of aryl methyl sites for hydroxylation is 2. The highest BCUT2D eigenvalue weighted by atomic mass is 32.2. The molecule has 5 aliphatic carbocycles. The fourth-order valence-electron chi connectivity index (χ4n) is 16.1. The maximum absolute atomic E-state index is 12.9. The molecule has 712 valence electrons. The Hall–Kier alpha value is -14.3. The Morgan fingerprint density at radius 2 is 0.609 bits per heavy atom. The number of sulfonamides is 5. The number of phenols is 1. The van der Waals surface area contributed by atoms with Crippen LogP contribution in [0.3, 0.4) is 0 Å². The molecule has 30 nitrogen and oxygen atoms in total. The third kappa shape index (κ3) is 24.9. The summed E-state index contributed by atoms with van der Waals surface area (Å²) in [5.74, 6) is -5.05. The van der Waals surface area contributed by atoms with Crippen LogP contribution in [0.4, 0.5) is 0 Å². The summed E-state index contributed by atoms with van der Waals surface area (Å²) < 4.78 is 117. The average molecular weight is 1960 g/mol. The smallest absolute Gasteiger partial charge is 0.238 e. The molecular formula is C103H96N6O24S5. The molecule has 10 aromatic rings. The zero-order valence-corrected chi connectivity index (χ0v) is 79.2. The first-order valence-corrected chi connectivity index (χ1v) is 50.4. The number of hydrogen-bond acceptors (Lipinski definition) is 25. The van der Waals surface area contributed by atoms with Gasteiger partial charge in [0, 0.05) is 112 Å². The molecule has 35 heteroatoms. The molecule has 15 rings (SSSR count). The normalized spacial score (nSPS) is 14.6. The summed E-state index contributed by atoms with van der Waals surface area (Å²) in [5, 5.41) is 54.8. The summed E-state index contributed by atoms with van der Waals surface area (Å²) in [6, 6.07) is 55.0. The van der Waals surface area contributed by atoms with E-state index >= 15 is 0 Å². The van der Waals surface area contributed by atoms with Crippen LogP contribution >= 0.6 is 0 Å². The first kappa shape index (κ1) is 104. The number of aliphatic hydroxyl groups excluding tert-OH is 2. The van der Waals surface area contributed by atoms with Gasteiger partial charge in [0.25, 0.3) is 0 Å². The number of fused-ring (bicyclic) bond motifs is 5. The van der Waals surface area contributed by atoms with Crippen LogP contribution in [0.1, 0.15) is 219 Å². The van der Waals surface area contributed by atoms with Crippen molar-refractivity contribution >= 4 is 114 Å². The molecule has 138 heavy (non-hydrogen) atoms. The van der Waals surface area contributed by atoms with Crippen molar-refractivity contribution in [1.29, 1.82) is 0 Å². The fourth-order valence-corrected chi connectivity index (χ4v) is 20.0. The van der Waals surface area contributed by atoms with Gasteiger partial charge in [0.1, 0.15) is 11.5 Å². The van der Waals surface area contributed by atoms with E-state index in [1.807, 2.05) is 118 Å². The van der Waals surface area contributed by atoms with Gasteiger partial charge in [-0.3, -0.25) is 47.9 Å². The van der Waals surface area contributed by atoms with Crippen molar-refractivity contribution in [2.24, 2.45) is 31.4 Å². The molecule has 0 amide bonds. The van der Waals surface area contributed by atoms with E-state index in [1.165, 1.54) is 134 Å². The highest BCUT2D eigenvalue weighted by Crippen LogP contribution is 2.37. The molecule has 0 spiro atoms. The predicted octanol–water partition coefficient (Wildman–Crippen LogP) is 12.8. The number of Topliss-reactive ketones (excluding diaryl/α,β-unsaturated/α-hetero) is 6. The number of benzene rings is 10. The van der Waals surface area contributed by atoms with E-state index in [0.717, 1.165) is 63.4 Å². The van der Waals surface area contributed by atoms with E-state index in [1.54, 1.807) is 12.1 Å². The lowest BCUT2D eigenvalue weighted by Crippen LogP contribution is -2.24. The molecule has 0 saturated carbocycles. The quantitative estimate of drug-likeness (QED) is 0.0227. The molecule has 0 unspecified atom stereocenters. The second kappa shape index (κ2) is 42.9. The summed E-state index contributed by atoms with van der Waals surface area (Å²) in [5.41, 5.74) is 15.4. The Bertz CT molecular complexity index is 7430. The first-order valence-electron chi connectivity index (χ1n) is 42.7. The number of carbonyl (C=O) groups is 11. The summed E-state index contributed by atoms with van der Waals surface area (Å²) in [6.45, 7) is 16.2. The topological polar surface area (TPSA) is 575 Å². The second-order valence-electron chi connectivity index (χ2n) is 33.5. The van der Waals surface area contributed by atoms with Crippen LogP contribution in [0.2, 0.25) is 0 Å². The van der Waals surface area contributed by atoms with Crippen LogP contribution in [-0.2, 0) is 106 Å². The van der Waals surface area contributed by atoms with Crippen LogP contribution in [0, 0.1) is 0 Å². The molecule has 5 aliphatic rings. The van der Waals surface area contributed by atoms with E-state index in [9.17, 15) is 110 Å². The summed E-state index contributed by atoms with van der Waals surface area (Å²) in [6.07, 6.45) is 10.4. The van der Waals surface area contributed by atoms with Crippen LogP contribution in [0.25, 0.3) is 0 Å². The largest absolute Gasteiger partial charge is 0.512 e. The van der Waals surface area contributed by atoms with Gasteiger partial charge in [-0.2, -0.15) is 0 Å². The van der Waals surface area contributed by atoms with Gasteiger partial charge in [-0.25, -0.2) is 67.8 Å². The number of aromatic hydroxyl groups is 1. The van der Waals surface area contributed by atoms with Crippen LogP contribution in [0.15, 0.2) is 314 Å². The van der Waals surface area contributed by atoms with E-state index in [0.29, 0.717) is 42.4 Å². The number of ketones is 11. The van der Waals surface area contributed by atoms with Gasteiger partial charge in [-0.15, -0.1) is 0 Å². The molecule has 15 N–H and O–H groups in total. The van der Waals surface area contributed by atoms with Gasteiger partial charge < -0.3 is 25.8 Å². The second-order valence-corrected chi connectivity index (χ2v) is 41.1. The number of phenolic OH excluding ortho intramolecular Hbond substituents is 1. The van der Waals surface area contributed by atoms with E-state index in [4.69, 9.17) is 31.4 Å². The maximum Gasteiger partial charge on any atom is 0.238 e. The predicted molar refractivity (Wildman–Crippen MR) is 516 cm³/mol. The van der Waals surface area contributed by atoms with Crippen LogP contribution < -0.4 is 31.4 Å². The molecule has 0 saturated heterocycles. The number of primary sulfonamides is 5. The van der Waals surface area contributed by atoms with Crippen molar-refractivity contribution < 1.29 is 110 Å². The zero-order valence-electron chi connectivity index (χ0n) is 75.2. The molecule has 0 aromatic heterocycles. The minimum atomic E-state index is -4.16. The maximum atomic E-state index is 12.9. The monoisotopic (exact) mass is 1960 g/mol. The van der Waals surface area contributed by atoms with E-state index < -0.39 is 96.4 Å². The van der Waals surface area contributed by atoms with Crippen molar-refractivity contribution in [2.45, 2.75) is 141 Å². The highest BCUT2D eigenvalue weighted by Gasteiger charge is 2.37. The Kier molecular flexibility index (Phi) is 32.4. The number of rotatable bonds is 26. The van der Waals surface area contributed by atoms with Gasteiger partial charge in [0.2, 0.25) is 50.1 Å². The van der Waals surface area contributed by atoms with Gasteiger partial charge >= 0.3 is 0 Å². The zero-order chi connectivity index (χ0) is 101. The van der Waals surface area contributed by atoms with Gasteiger partial charge in [-0.05, 0) is 162 Å². The molecular weight excluding hydrogens is 1870 g/mol. The highest BCUT2D eigenvalue weighted by molar-refractivity contribution is 7.90. The number of aliphatic hydroxyl groups is 2. The standard InChI is InChI=1S/C21H19NO6S.2C21H19NO5S.C20H20N2O4S.C20H19NO4S/c1-12(23)5-6-13-7-14(10-16(24)9-13)8-15-11-18(25)20-17(21(15)26)3-2-4-19(20)29(22,27)28;2*1-12(13(2)23)15-8-6-14(7-9-15)10-16-11-18(24)20-17(21(16)25)4-3-5-19(20)28(22,26)27;1-12(21)9-13-5-2-3-6-14(13)10-15-11-17(23)19-16(20(15)24)7-4-8-18(19)27(22,25)26;1-2-5-13-6-3-7-14(10-13)11-15-12-17(22)19-16(20(15)23)8-4-9-18(19)26(21,24)25/h2-4,7,9-11,24H,5-6,8H2,1H3,(H2,22,27,28);2*3-9,11-12,23H,2,10H2,1H3,(H2,22,26,27);2-8,11-12H,9-10,21H2,1H3,(H2,22,25,26);3-4,6-10,12H,2,5,11H2,1H3,(H2,21,24,25)/t;3*12-;/m.101./s1. The summed E-state index contributed by atoms with van der Waals surface area (Å²) in [7, 11) is -20.6. The van der Waals surface area contributed by atoms with Crippen molar-refractivity contribution in [3.8, 4) is 5.75 Å². The third-order valence-corrected chi connectivity index (χ3v) is 27.8. The number of carbonyl (C=O) groups excluding carboxylic acids is 11. The fraction of sp³-hybridized carbons (Fsp3) is 0.175. The van der Waals surface area contributed by atoms with Gasteiger partial charge in [0.05, 0.1) is 63.8 Å². The lowest BCUT2D eigenvalue weighted by atomic mass is 9.85. The Morgan fingerprint density at radius 3 is 0.906 bits per heavy atom. The SMILES string of the molecule is C=C(O)[C@@H](C)c1ccc(CC2=CC(=O)c3c(cccc3S(N)(=O)=O)C2=O)cc1.C=C(O)[C@H](C)c1ccc(CC2=CC(=O)c3c(cccc3S(N)(=O)=O)C2=O)cc1.CC(=O)CCc1cc(O)cc(CC2=CC(=O)c3c(cccc3S(N)(=O)=O)C2=O)c1.CCCc1cccc(CC2=CC(=O)c3c(cccc3S(N)(=O)=O)C2=O)c1.C[C@@H](N)Cc1ccccc1CC1=CC(=O)c2c(cccc2S(N)(=O)=O)C1=O. The van der Waals surface area contributed by atoms with E-state index in [2.05, 4.69) is 20.1 Å². The Balaban J connectivity index is 0.000000165. The van der Waals surface area contributed by atoms with Crippen molar-refractivity contribution in [3.05, 3.63) is 400 Å². The summed E-state index contributed by atoms with van der Waals surface area (Å²) >= 11 is 0. The van der Waals surface area contributed by atoms with Crippen LogP contribution in [-0.4, -0.2) is 127 Å². The lowest BCUT2D eigenvalue weighted by molar-refractivity contribution is -0.117. The third-order valence-electron chi connectivity index (χ3n) is 23.0. The molecule has 10 aromatic carbocycles. The molecule has 0 radical (unpaired) electrons.